The van der Waals surface area contributed by atoms with Gasteiger partial charge in [0.25, 0.3) is 11.8 Å². The number of carbonyl (C=O) groups excluding carboxylic acids is 3. The van der Waals surface area contributed by atoms with Crippen molar-refractivity contribution in [2.45, 2.75) is 0 Å². The maximum atomic E-state index is 14.1. The van der Waals surface area contributed by atoms with Gasteiger partial charge < -0.3 is 4.74 Å². The van der Waals surface area contributed by atoms with E-state index in [1.54, 1.807) is 30.3 Å². The summed E-state index contributed by atoms with van der Waals surface area (Å²) in [6, 6.07) is 11.1. The number of amides is 4. The Morgan fingerprint density at radius 2 is 1.78 bits per heavy atom. The minimum absolute atomic E-state index is 0.236. The molecule has 1 N–H and O–H groups in total. The highest BCUT2D eigenvalue weighted by atomic mass is 19.1. The zero-order chi connectivity index (χ0) is 19.4. The molecule has 1 heterocycles. The SMILES string of the molecule is C=CCOc1ccccc1/C=C1/C(=O)NC(=O)N(c2ccccc2F)C1=O. The molecule has 1 aliphatic rings. The van der Waals surface area contributed by atoms with E-state index in [0.29, 0.717) is 16.2 Å². The lowest BCUT2D eigenvalue weighted by molar-refractivity contribution is -0.122. The molecule has 1 fully saturated rings. The molecule has 3 rings (SSSR count). The number of nitrogens with one attached hydrogen (secondary N) is 1. The quantitative estimate of drug-likeness (QED) is 0.501. The predicted octanol–water partition coefficient (Wildman–Crippen LogP) is 3.06. The lowest BCUT2D eigenvalue weighted by Gasteiger charge is -2.26. The minimum atomic E-state index is -1.01. The van der Waals surface area contributed by atoms with Gasteiger partial charge >= 0.3 is 6.03 Å². The molecule has 27 heavy (non-hydrogen) atoms. The minimum Gasteiger partial charge on any atom is -0.489 e. The van der Waals surface area contributed by atoms with Crippen LogP contribution in [0.5, 0.6) is 5.75 Å². The molecular weight excluding hydrogens is 351 g/mol. The summed E-state index contributed by atoms with van der Waals surface area (Å²) in [7, 11) is 0. The van der Waals surface area contributed by atoms with E-state index < -0.39 is 23.7 Å². The van der Waals surface area contributed by atoms with Gasteiger partial charge in [-0.05, 0) is 24.3 Å². The Balaban J connectivity index is 2.03. The normalized spacial score (nSPS) is 15.7. The Hall–Kier alpha value is -3.74. The van der Waals surface area contributed by atoms with Crippen LogP contribution in [0.4, 0.5) is 14.9 Å². The van der Waals surface area contributed by atoms with Gasteiger partial charge in [-0.1, -0.05) is 43.0 Å². The van der Waals surface area contributed by atoms with E-state index in [1.165, 1.54) is 24.3 Å². The molecule has 1 aliphatic heterocycles. The number of para-hydroxylation sites is 2. The van der Waals surface area contributed by atoms with E-state index in [-0.39, 0.29) is 17.9 Å². The Bertz CT molecular complexity index is 968. The number of barbiturate groups is 1. The number of nitrogens with zero attached hydrogens (tertiary/aromatic N) is 1. The van der Waals surface area contributed by atoms with E-state index in [2.05, 4.69) is 11.9 Å². The van der Waals surface area contributed by atoms with E-state index in [0.717, 1.165) is 6.07 Å². The summed E-state index contributed by atoms with van der Waals surface area (Å²) in [4.78, 5) is 37.7. The molecule has 1 saturated heterocycles. The molecule has 0 radical (unpaired) electrons. The fraction of sp³-hybridized carbons (Fsp3) is 0.0500. The molecule has 0 atom stereocenters. The van der Waals surface area contributed by atoms with Crippen molar-refractivity contribution >= 4 is 29.6 Å². The molecule has 136 valence electrons. The molecule has 6 nitrogen and oxygen atoms in total. The van der Waals surface area contributed by atoms with Crippen LogP contribution >= 0.6 is 0 Å². The smallest absolute Gasteiger partial charge is 0.336 e. The van der Waals surface area contributed by atoms with E-state index >= 15 is 0 Å². The van der Waals surface area contributed by atoms with Gasteiger partial charge in [0.15, 0.2) is 0 Å². The van der Waals surface area contributed by atoms with Crippen LogP contribution in [0.1, 0.15) is 5.56 Å². The van der Waals surface area contributed by atoms with Crippen LogP contribution in [-0.4, -0.2) is 24.5 Å². The summed E-state index contributed by atoms with van der Waals surface area (Å²) in [5.41, 5.74) is -0.0946. The van der Waals surface area contributed by atoms with Crippen LogP contribution in [0, 0.1) is 5.82 Å². The number of imide groups is 2. The number of anilines is 1. The first-order valence-electron chi connectivity index (χ1n) is 8.01. The second-order valence-electron chi connectivity index (χ2n) is 5.55. The van der Waals surface area contributed by atoms with Crippen LogP contribution in [0.15, 0.2) is 66.8 Å². The monoisotopic (exact) mass is 366 g/mol. The van der Waals surface area contributed by atoms with Crippen molar-refractivity contribution in [2.24, 2.45) is 0 Å². The number of hydrogen-bond acceptors (Lipinski definition) is 4. The van der Waals surface area contributed by atoms with Crippen molar-refractivity contribution < 1.29 is 23.5 Å². The van der Waals surface area contributed by atoms with Gasteiger partial charge in [0.2, 0.25) is 0 Å². The Morgan fingerprint density at radius 3 is 2.52 bits per heavy atom. The molecule has 7 heteroatoms. The predicted molar refractivity (Wildman–Crippen MR) is 97.5 cm³/mol. The zero-order valence-electron chi connectivity index (χ0n) is 14.1. The van der Waals surface area contributed by atoms with Crippen molar-refractivity contribution in [1.82, 2.24) is 5.32 Å². The van der Waals surface area contributed by atoms with Gasteiger partial charge in [-0.25, -0.2) is 14.1 Å². The number of ether oxygens (including phenoxy) is 1. The number of benzene rings is 2. The van der Waals surface area contributed by atoms with Crippen molar-refractivity contribution in [3.63, 3.8) is 0 Å². The highest BCUT2D eigenvalue weighted by Crippen LogP contribution is 2.26. The third-order valence-corrected chi connectivity index (χ3v) is 3.77. The highest BCUT2D eigenvalue weighted by molar-refractivity contribution is 6.39. The summed E-state index contributed by atoms with van der Waals surface area (Å²) in [5, 5.41) is 2.05. The third-order valence-electron chi connectivity index (χ3n) is 3.77. The van der Waals surface area contributed by atoms with Gasteiger partial charge in [0.1, 0.15) is 23.7 Å². The summed E-state index contributed by atoms with van der Waals surface area (Å²) in [6.45, 7) is 3.80. The maximum absolute atomic E-state index is 14.1. The number of urea groups is 1. The van der Waals surface area contributed by atoms with Crippen molar-refractivity contribution in [3.05, 3.63) is 78.1 Å². The fourth-order valence-corrected chi connectivity index (χ4v) is 2.54. The summed E-state index contributed by atoms with van der Waals surface area (Å²) in [6.07, 6.45) is 2.86. The molecule has 2 aromatic carbocycles. The third kappa shape index (κ3) is 3.62. The topological polar surface area (TPSA) is 75.7 Å². The van der Waals surface area contributed by atoms with Gasteiger partial charge in [0.05, 0.1) is 5.69 Å². The molecule has 0 unspecified atom stereocenters. The number of halogens is 1. The summed E-state index contributed by atoms with van der Waals surface area (Å²) < 4.78 is 19.6. The molecule has 0 saturated carbocycles. The number of carbonyl (C=O) groups is 3. The maximum Gasteiger partial charge on any atom is 0.336 e. The summed E-state index contributed by atoms with van der Waals surface area (Å²) in [5.74, 6) is -2.12. The molecule has 0 aromatic heterocycles. The first-order valence-corrected chi connectivity index (χ1v) is 8.01. The first kappa shape index (κ1) is 18.1. The fourth-order valence-electron chi connectivity index (χ4n) is 2.54. The Labute approximate surface area is 154 Å². The lowest BCUT2D eigenvalue weighted by Crippen LogP contribution is -2.54. The average Bonchev–Trinajstić information content (AvgIpc) is 2.65. The standard InChI is InChI=1S/C20H15FN2O4/c1-2-11-27-17-10-6-3-7-13(17)12-14-18(24)22-20(26)23(19(14)25)16-9-5-4-8-15(16)21/h2-10,12H,1,11H2,(H,22,24,26)/b14-12-. The molecule has 0 bridgehead atoms. The van der Waals surface area contributed by atoms with Gasteiger partial charge in [-0.3, -0.25) is 14.9 Å². The van der Waals surface area contributed by atoms with Crippen LogP contribution in [0.3, 0.4) is 0 Å². The summed E-state index contributed by atoms with van der Waals surface area (Å²) >= 11 is 0. The van der Waals surface area contributed by atoms with Gasteiger partial charge in [-0.15, -0.1) is 0 Å². The van der Waals surface area contributed by atoms with E-state index in [1.807, 2.05) is 0 Å². The van der Waals surface area contributed by atoms with Gasteiger partial charge in [0, 0.05) is 5.56 Å². The molecule has 4 amide bonds. The molecular formula is C20H15FN2O4. The Morgan fingerprint density at radius 1 is 1.07 bits per heavy atom. The second-order valence-corrected chi connectivity index (χ2v) is 5.55. The van der Waals surface area contributed by atoms with Crippen LogP contribution in [0.25, 0.3) is 6.08 Å². The number of hydrogen-bond donors (Lipinski definition) is 1. The molecule has 0 spiro atoms. The largest absolute Gasteiger partial charge is 0.489 e. The first-order chi connectivity index (χ1) is 13.0. The van der Waals surface area contributed by atoms with Crippen LogP contribution in [0.2, 0.25) is 0 Å². The van der Waals surface area contributed by atoms with Crippen molar-refractivity contribution in [1.29, 1.82) is 0 Å². The van der Waals surface area contributed by atoms with Crippen molar-refractivity contribution in [3.8, 4) is 5.75 Å². The van der Waals surface area contributed by atoms with E-state index in [4.69, 9.17) is 4.74 Å². The van der Waals surface area contributed by atoms with Crippen LogP contribution < -0.4 is 15.0 Å². The van der Waals surface area contributed by atoms with Crippen molar-refractivity contribution in [2.75, 3.05) is 11.5 Å². The number of rotatable bonds is 5. The molecule has 2 aromatic rings. The van der Waals surface area contributed by atoms with Gasteiger partial charge in [-0.2, -0.15) is 0 Å². The van der Waals surface area contributed by atoms with Crippen LogP contribution in [-0.2, 0) is 9.59 Å². The Kier molecular flexibility index (Phi) is 5.12. The zero-order valence-corrected chi connectivity index (χ0v) is 14.1. The lowest BCUT2D eigenvalue weighted by atomic mass is 10.1. The van der Waals surface area contributed by atoms with E-state index in [9.17, 15) is 18.8 Å². The highest BCUT2D eigenvalue weighted by Gasteiger charge is 2.38. The molecule has 0 aliphatic carbocycles. The average molecular weight is 366 g/mol. The second kappa shape index (κ2) is 7.65.